The molecule has 0 saturated heterocycles. The Bertz CT molecular complexity index is 572. The minimum atomic E-state index is -1.21. The lowest BCUT2D eigenvalue weighted by atomic mass is 10.2. The van der Waals surface area contributed by atoms with Crippen LogP contribution in [0, 0.1) is 10.1 Å². The van der Waals surface area contributed by atoms with Crippen LogP contribution >= 0.6 is 0 Å². The van der Waals surface area contributed by atoms with Gasteiger partial charge in [-0.15, -0.1) is 0 Å². The number of carbonyl (C=O) groups is 1. The fourth-order valence-corrected chi connectivity index (χ4v) is 1.27. The van der Waals surface area contributed by atoms with Gasteiger partial charge in [-0.05, 0) is 11.0 Å². The number of hydrogen-bond donors (Lipinski definition) is 1. The number of aromatic carboxylic acids is 1. The van der Waals surface area contributed by atoms with E-state index >= 15 is 0 Å². The third-order valence-electron chi connectivity index (χ3n) is 1.96. The molecule has 17 heavy (non-hydrogen) atoms. The van der Waals surface area contributed by atoms with E-state index < -0.39 is 16.8 Å². The predicted octanol–water partition coefficient (Wildman–Crippen LogP) is 0.526. The Morgan fingerprint density at radius 2 is 2.41 bits per heavy atom. The molecule has 9 nitrogen and oxygen atoms in total. The standard InChI is InChI=1S/C8H6N4O5/c13-7(14)6-5(1-2-17-6)3-11-4-9-8(10-11)12(15)16/h1-2,4H,3H2,(H,13,14). The number of hydrogen-bond acceptors (Lipinski definition) is 6. The van der Waals surface area contributed by atoms with Crippen molar-refractivity contribution in [1.82, 2.24) is 14.8 Å². The molecule has 0 aliphatic carbocycles. The Balaban J connectivity index is 2.22. The van der Waals surface area contributed by atoms with Gasteiger partial charge in [-0.2, -0.15) is 4.68 Å². The molecule has 2 aromatic rings. The molecule has 1 N–H and O–H groups in total. The van der Waals surface area contributed by atoms with E-state index in [4.69, 9.17) is 9.52 Å². The molecule has 0 amide bonds. The van der Waals surface area contributed by atoms with E-state index in [0.29, 0.717) is 5.56 Å². The summed E-state index contributed by atoms with van der Waals surface area (Å²) in [5.74, 6) is -1.96. The van der Waals surface area contributed by atoms with Crippen molar-refractivity contribution in [2.75, 3.05) is 0 Å². The number of aromatic nitrogens is 3. The number of rotatable bonds is 4. The molecule has 0 atom stereocenters. The first-order valence-corrected chi connectivity index (χ1v) is 4.41. The number of furan rings is 1. The van der Waals surface area contributed by atoms with E-state index in [9.17, 15) is 14.9 Å². The number of carboxylic acids is 1. The summed E-state index contributed by atoms with van der Waals surface area (Å²) in [5.41, 5.74) is 0.359. The van der Waals surface area contributed by atoms with Gasteiger partial charge in [0.2, 0.25) is 12.1 Å². The number of nitro groups is 1. The van der Waals surface area contributed by atoms with Crippen molar-refractivity contribution in [1.29, 1.82) is 0 Å². The van der Waals surface area contributed by atoms with Gasteiger partial charge in [-0.25, -0.2) is 4.79 Å². The molecule has 0 radical (unpaired) electrons. The van der Waals surface area contributed by atoms with Crippen LogP contribution in [0.1, 0.15) is 16.1 Å². The summed E-state index contributed by atoms with van der Waals surface area (Å²) in [5, 5.41) is 22.7. The zero-order valence-electron chi connectivity index (χ0n) is 8.31. The molecular weight excluding hydrogens is 232 g/mol. The molecule has 88 valence electrons. The summed E-state index contributed by atoms with van der Waals surface area (Å²) in [6.45, 7) is 0.0406. The normalized spacial score (nSPS) is 10.4. The third-order valence-corrected chi connectivity index (χ3v) is 1.96. The summed E-state index contributed by atoms with van der Waals surface area (Å²) in [4.78, 5) is 23.8. The fourth-order valence-electron chi connectivity index (χ4n) is 1.27. The van der Waals surface area contributed by atoms with Crippen LogP contribution in [0.5, 0.6) is 0 Å². The van der Waals surface area contributed by atoms with Crippen molar-refractivity contribution in [3.05, 3.63) is 40.1 Å². The molecule has 0 saturated carbocycles. The van der Waals surface area contributed by atoms with E-state index in [-0.39, 0.29) is 12.3 Å². The first-order valence-electron chi connectivity index (χ1n) is 4.41. The molecule has 0 spiro atoms. The molecule has 0 aliphatic rings. The summed E-state index contributed by atoms with van der Waals surface area (Å²) >= 11 is 0. The molecule has 0 aromatic carbocycles. The first kappa shape index (κ1) is 10.8. The lowest BCUT2D eigenvalue weighted by Crippen LogP contribution is -2.05. The quantitative estimate of drug-likeness (QED) is 0.608. The molecule has 0 bridgehead atoms. The predicted molar refractivity (Wildman–Crippen MR) is 51.4 cm³/mol. The van der Waals surface area contributed by atoms with Crippen LogP contribution in [0.25, 0.3) is 0 Å². The van der Waals surface area contributed by atoms with Crippen LogP contribution in [0.3, 0.4) is 0 Å². The Morgan fingerprint density at radius 1 is 1.65 bits per heavy atom. The second kappa shape index (κ2) is 4.04. The number of carboxylic acid groups (broad SMARTS) is 1. The first-order chi connectivity index (χ1) is 8.08. The average molecular weight is 238 g/mol. The molecule has 2 rings (SSSR count). The van der Waals surface area contributed by atoms with E-state index in [1.807, 2.05) is 0 Å². The monoisotopic (exact) mass is 238 g/mol. The maximum atomic E-state index is 10.7. The Labute approximate surface area is 93.4 Å². The van der Waals surface area contributed by atoms with E-state index in [0.717, 1.165) is 11.0 Å². The Morgan fingerprint density at radius 3 is 3.00 bits per heavy atom. The minimum Gasteiger partial charge on any atom is -0.475 e. The van der Waals surface area contributed by atoms with Crippen molar-refractivity contribution < 1.29 is 19.2 Å². The van der Waals surface area contributed by atoms with Gasteiger partial charge in [0.25, 0.3) is 0 Å². The summed E-state index contributed by atoms with van der Waals surface area (Å²) in [6, 6.07) is 1.46. The van der Waals surface area contributed by atoms with Gasteiger partial charge in [0, 0.05) is 10.7 Å². The van der Waals surface area contributed by atoms with Crippen molar-refractivity contribution in [3.8, 4) is 0 Å². The molecule has 0 unspecified atom stereocenters. The average Bonchev–Trinajstić information content (AvgIpc) is 2.86. The van der Waals surface area contributed by atoms with Gasteiger partial charge in [0.1, 0.15) is 0 Å². The van der Waals surface area contributed by atoms with Crippen molar-refractivity contribution in [2.45, 2.75) is 6.54 Å². The van der Waals surface area contributed by atoms with Crippen LogP contribution in [-0.2, 0) is 6.54 Å². The number of nitrogens with zero attached hydrogens (tertiary/aromatic N) is 4. The third kappa shape index (κ3) is 2.12. The fraction of sp³-hybridized carbons (Fsp3) is 0.125. The molecule has 2 heterocycles. The Kier molecular flexibility index (Phi) is 2.57. The highest BCUT2D eigenvalue weighted by atomic mass is 16.6. The minimum absolute atomic E-state index is 0.0406. The van der Waals surface area contributed by atoms with Crippen LogP contribution in [0.15, 0.2) is 23.1 Å². The van der Waals surface area contributed by atoms with E-state index in [1.54, 1.807) is 0 Å². The highest BCUT2D eigenvalue weighted by Crippen LogP contribution is 2.12. The topological polar surface area (TPSA) is 124 Å². The summed E-state index contributed by atoms with van der Waals surface area (Å²) in [7, 11) is 0. The largest absolute Gasteiger partial charge is 0.490 e. The smallest absolute Gasteiger partial charge is 0.475 e. The van der Waals surface area contributed by atoms with Crippen LogP contribution in [-0.4, -0.2) is 30.8 Å². The van der Waals surface area contributed by atoms with Gasteiger partial charge >= 0.3 is 11.9 Å². The second-order valence-corrected chi connectivity index (χ2v) is 3.08. The molecule has 9 heteroatoms. The van der Waals surface area contributed by atoms with Gasteiger partial charge in [0.15, 0.2) is 0 Å². The van der Waals surface area contributed by atoms with E-state index in [2.05, 4.69) is 10.1 Å². The maximum absolute atomic E-state index is 10.7. The zero-order chi connectivity index (χ0) is 12.4. The highest BCUT2D eigenvalue weighted by Gasteiger charge is 2.18. The Hall–Kier alpha value is -2.71. The summed E-state index contributed by atoms with van der Waals surface area (Å²) in [6.07, 6.45) is 2.38. The van der Waals surface area contributed by atoms with E-state index in [1.165, 1.54) is 12.3 Å². The second-order valence-electron chi connectivity index (χ2n) is 3.08. The lowest BCUT2D eigenvalue weighted by Gasteiger charge is -1.95. The van der Waals surface area contributed by atoms with Crippen LogP contribution < -0.4 is 0 Å². The zero-order valence-corrected chi connectivity index (χ0v) is 8.31. The molecule has 2 aromatic heterocycles. The van der Waals surface area contributed by atoms with Crippen LogP contribution in [0.4, 0.5) is 5.95 Å². The highest BCUT2D eigenvalue weighted by molar-refractivity contribution is 5.86. The molecule has 0 fully saturated rings. The van der Waals surface area contributed by atoms with Crippen molar-refractivity contribution in [3.63, 3.8) is 0 Å². The molecule has 0 aliphatic heterocycles. The lowest BCUT2D eigenvalue weighted by molar-refractivity contribution is -0.394. The van der Waals surface area contributed by atoms with Gasteiger partial charge in [-0.3, -0.25) is 0 Å². The van der Waals surface area contributed by atoms with Crippen molar-refractivity contribution >= 4 is 11.9 Å². The summed E-state index contributed by atoms with van der Waals surface area (Å²) < 4.78 is 5.92. The van der Waals surface area contributed by atoms with Gasteiger partial charge < -0.3 is 19.6 Å². The van der Waals surface area contributed by atoms with Crippen LogP contribution in [0.2, 0.25) is 0 Å². The SMILES string of the molecule is O=C(O)c1occc1Cn1cnc([N+](=O)[O-])n1. The molecular formula is C8H6N4O5. The maximum Gasteiger partial charge on any atom is 0.490 e. The van der Waals surface area contributed by atoms with Gasteiger partial charge in [-0.1, -0.05) is 4.98 Å². The van der Waals surface area contributed by atoms with Crippen molar-refractivity contribution in [2.24, 2.45) is 0 Å². The van der Waals surface area contributed by atoms with Gasteiger partial charge in [0.05, 0.1) is 12.8 Å².